The molecule has 0 bridgehead atoms. The van der Waals surface area contributed by atoms with Gasteiger partial charge >= 0.3 is 17.6 Å². The fraction of sp³-hybridized carbons (Fsp3) is 0.583. The first-order chi connectivity index (χ1) is 10.3. The summed E-state index contributed by atoms with van der Waals surface area (Å²) in [5.74, 6) is -4.72. The average Bonchev–Trinajstić information content (AvgIpc) is 2.70. The molecule has 1 aliphatic heterocycles. The van der Waals surface area contributed by atoms with Crippen LogP contribution in [0.5, 0.6) is 0 Å². The van der Waals surface area contributed by atoms with Gasteiger partial charge < -0.3 is 20.3 Å². The Bertz CT molecular complexity index is 621. The lowest BCUT2D eigenvalue weighted by atomic mass is 10.1. The van der Waals surface area contributed by atoms with Gasteiger partial charge in [-0.1, -0.05) is 6.92 Å². The number of ether oxygens (including phenoxy) is 2. The number of halogens is 2. The number of nitrogens with two attached hydrogens (primary N) is 1. The topological polar surface area (TPSA) is 117 Å². The lowest BCUT2D eigenvalue weighted by molar-refractivity contribution is -0.176. The Hall–Kier alpha value is -2.07. The van der Waals surface area contributed by atoms with Crippen LogP contribution in [0.15, 0.2) is 17.1 Å². The van der Waals surface area contributed by atoms with E-state index in [-0.39, 0.29) is 12.2 Å². The molecule has 0 aliphatic carbocycles. The highest BCUT2D eigenvalue weighted by Gasteiger charge is 2.62. The summed E-state index contributed by atoms with van der Waals surface area (Å²) in [4.78, 5) is 26.3. The number of esters is 1. The molecule has 1 aromatic heterocycles. The van der Waals surface area contributed by atoms with Crippen molar-refractivity contribution in [2.24, 2.45) is 0 Å². The van der Waals surface area contributed by atoms with Crippen LogP contribution < -0.4 is 11.4 Å². The maximum atomic E-state index is 14.4. The number of carbonyl (C=O) groups excluding carboxylic acids is 1. The first kappa shape index (κ1) is 16.3. The van der Waals surface area contributed by atoms with E-state index in [1.54, 1.807) is 0 Å². The molecule has 122 valence electrons. The highest BCUT2D eigenvalue weighted by atomic mass is 19.3. The number of hydrogen-bond acceptors (Lipinski definition) is 7. The number of carbonyl (C=O) groups is 1. The SMILES string of the molecule is CCC(=O)OC1C(CO)OC(n2ccc(N)nc2=O)C1(F)F. The van der Waals surface area contributed by atoms with Crippen molar-refractivity contribution in [1.82, 2.24) is 9.55 Å². The van der Waals surface area contributed by atoms with Crippen molar-refractivity contribution < 1.29 is 28.2 Å². The van der Waals surface area contributed by atoms with Crippen LogP contribution in [0.25, 0.3) is 0 Å². The maximum absolute atomic E-state index is 14.4. The minimum atomic E-state index is -3.72. The molecule has 3 atom stereocenters. The van der Waals surface area contributed by atoms with Crippen LogP contribution in [-0.4, -0.2) is 45.4 Å². The lowest BCUT2D eigenvalue weighted by Crippen LogP contribution is -2.44. The molecule has 2 rings (SSSR count). The van der Waals surface area contributed by atoms with Gasteiger partial charge in [0.05, 0.1) is 6.61 Å². The molecule has 0 saturated carbocycles. The largest absolute Gasteiger partial charge is 0.453 e. The Morgan fingerprint density at radius 3 is 2.86 bits per heavy atom. The summed E-state index contributed by atoms with van der Waals surface area (Å²) >= 11 is 0. The van der Waals surface area contributed by atoms with Crippen molar-refractivity contribution >= 4 is 11.8 Å². The van der Waals surface area contributed by atoms with E-state index >= 15 is 0 Å². The summed E-state index contributed by atoms with van der Waals surface area (Å²) < 4.78 is 39.1. The second-order valence-corrected chi connectivity index (χ2v) is 4.69. The van der Waals surface area contributed by atoms with Gasteiger partial charge in [-0.2, -0.15) is 13.8 Å². The zero-order valence-electron chi connectivity index (χ0n) is 11.6. The quantitative estimate of drug-likeness (QED) is 0.730. The van der Waals surface area contributed by atoms with Crippen LogP contribution in [0, 0.1) is 0 Å². The van der Waals surface area contributed by atoms with Crippen molar-refractivity contribution in [3.63, 3.8) is 0 Å². The van der Waals surface area contributed by atoms with Gasteiger partial charge in [0.25, 0.3) is 0 Å². The molecule has 1 aromatic rings. The molecule has 2 heterocycles. The molecule has 1 saturated heterocycles. The molecule has 3 N–H and O–H groups in total. The standard InChI is InChI=1S/C12H15F2N3O5/c1-2-8(19)22-9-6(5-18)21-10(12(9,13)14)17-4-3-7(15)16-11(17)20/h3-4,6,9-10,18H,2,5H2,1H3,(H2,15,16,20). The van der Waals surface area contributed by atoms with Crippen LogP contribution in [0.2, 0.25) is 0 Å². The third kappa shape index (κ3) is 2.79. The molecule has 0 amide bonds. The normalized spacial score (nSPS) is 26.8. The molecule has 0 aromatic carbocycles. The number of aromatic nitrogens is 2. The van der Waals surface area contributed by atoms with Gasteiger partial charge in [0, 0.05) is 12.6 Å². The van der Waals surface area contributed by atoms with E-state index in [4.69, 9.17) is 15.6 Å². The third-order valence-electron chi connectivity index (χ3n) is 3.18. The minimum absolute atomic E-state index is 0.112. The van der Waals surface area contributed by atoms with Crippen LogP contribution in [-0.2, 0) is 14.3 Å². The molecule has 0 radical (unpaired) electrons. The van der Waals surface area contributed by atoms with E-state index in [0.29, 0.717) is 4.57 Å². The summed E-state index contributed by atoms with van der Waals surface area (Å²) in [5, 5.41) is 9.16. The van der Waals surface area contributed by atoms with Crippen LogP contribution in [0.4, 0.5) is 14.6 Å². The number of hydrogen-bond donors (Lipinski definition) is 2. The summed E-state index contributed by atoms with van der Waals surface area (Å²) in [6.07, 6.45) is -4.63. The first-order valence-corrected chi connectivity index (χ1v) is 6.49. The Morgan fingerprint density at radius 1 is 1.64 bits per heavy atom. The summed E-state index contributed by atoms with van der Waals surface area (Å²) in [7, 11) is 0. The van der Waals surface area contributed by atoms with Crippen molar-refractivity contribution in [2.75, 3.05) is 12.3 Å². The predicted molar refractivity (Wildman–Crippen MR) is 69.0 cm³/mol. The number of alkyl halides is 2. The summed E-state index contributed by atoms with van der Waals surface area (Å²) in [6, 6.07) is 1.15. The Kier molecular flexibility index (Phi) is 4.42. The minimum Gasteiger partial charge on any atom is -0.453 e. The molecule has 0 spiro atoms. The van der Waals surface area contributed by atoms with E-state index < -0.39 is 42.6 Å². The average molecular weight is 319 g/mol. The zero-order valence-corrected chi connectivity index (χ0v) is 11.6. The zero-order chi connectivity index (χ0) is 16.5. The molecule has 3 unspecified atom stereocenters. The van der Waals surface area contributed by atoms with Crippen LogP contribution in [0.3, 0.4) is 0 Å². The van der Waals surface area contributed by atoms with Crippen LogP contribution >= 0.6 is 0 Å². The Morgan fingerprint density at radius 2 is 2.32 bits per heavy atom. The predicted octanol–water partition coefficient (Wildman–Crippen LogP) is -0.328. The van der Waals surface area contributed by atoms with Crippen molar-refractivity contribution in [1.29, 1.82) is 0 Å². The van der Waals surface area contributed by atoms with Gasteiger partial charge in [0.1, 0.15) is 11.9 Å². The number of nitrogens with zero attached hydrogens (tertiary/aromatic N) is 2. The van der Waals surface area contributed by atoms with Gasteiger partial charge in [-0.25, -0.2) is 4.79 Å². The second kappa shape index (κ2) is 5.97. The highest BCUT2D eigenvalue weighted by molar-refractivity contribution is 5.69. The smallest absolute Gasteiger partial charge is 0.351 e. The molecule has 22 heavy (non-hydrogen) atoms. The Balaban J connectivity index is 2.37. The number of aliphatic hydroxyl groups is 1. The number of aliphatic hydroxyl groups excluding tert-OH is 1. The van der Waals surface area contributed by atoms with E-state index in [2.05, 4.69) is 9.72 Å². The summed E-state index contributed by atoms with van der Waals surface area (Å²) in [5.41, 5.74) is 4.26. The van der Waals surface area contributed by atoms with E-state index in [1.165, 1.54) is 6.92 Å². The second-order valence-electron chi connectivity index (χ2n) is 4.69. The van der Waals surface area contributed by atoms with Gasteiger partial charge in [0.2, 0.25) is 6.23 Å². The monoisotopic (exact) mass is 319 g/mol. The van der Waals surface area contributed by atoms with E-state index in [1.807, 2.05) is 0 Å². The molecule has 1 fully saturated rings. The molecule has 1 aliphatic rings. The third-order valence-corrected chi connectivity index (χ3v) is 3.18. The van der Waals surface area contributed by atoms with Crippen molar-refractivity contribution in [3.05, 3.63) is 22.7 Å². The number of rotatable bonds is 4. The van der Waals surface area contributed by atoms with Gasteiger partial charge in [-0.3, -0.25) is 9.36 Å². The molecule has 10 heteroatoms. The highest BCUT2D eigenvalue weighted by Crippen LogP contribution is 2.43. The fourth-order valence-corrected chi connectivity index (χ4v) is 2.09. The van der Waals surface area contributed by atoms with E-state index in [0.717, 1.165) is 12.3 Å². The van der Waals surface area contributed by atoms with Crippen molar-refractivity contribution in [3.8, 4) is 0 Å². The number of nitrogen functional groups attached to an aromatic ring is 1. The van der Waals surface area contributed by atoms with E-state index in [9.17, 15) is 18.4 Å². The first-order valence-electron chi connectivity index (χ1n) is 6.49. The Labute approximate surface area is 123 Å². The van der Waals surface area contributed by atoms with Gasteiger partial charge in [-0.15, -0.1) is 0 Å². The van der Waals surface area contributed by atoms with Crippen LogP contribution in [0.1, 0.15) is 19.6 Å². The lowest BCUT2D eigenvalue weighted by Gasteiger charge is -2.23. The molecular weight excluding hydrogens is 304 g/mol. The molecular formula is C12H15F2N3O5. The van der Waals surface area contributed by atoms with Gasteiger partial charge in [-0.05, 0) is 6.07 Å². The fourth-order valence-electron chi connectivity index (χ4n) is 2.09. The maximum Gasteiger partial charge on any atom is 0.351 e. The number of anilines is 1. The summed E-state index contributed by atoms with van der Waals surface area (Å²) in [6.45, 7) is 0.640. The molecule has 8 nitrogen and oxygen atoms in total. The van der Waals surface area contributed by atoms with Crippen molar-refractivity contribution in [2.45, 2.75) is 37.7 Å². The van der Waals surface area contributed by atoms with Gasteiger partial charge in [0.15, 0.2) is 6.10 Å².